The number of rotatable bonds is 4. The Morgan fingerprint density at radius 3 is 2.56 bits per heavy atom. The molecule has 0 saturated carbocycles. The van der Waals surface area contributed by atoms with Gasteiger partial charge in [0, 0.05) is 18.7 Å². The first-order chi connectivity index (χ1) is 8.40. The zero-order valence-corrected chi connectivity index (χ0v) is 10.6. The highest BCUT2D eigenvalue weighted by Gasteiger charge is 2.25. The van der Waals surface area contributed by atoms with Crippen molar-refractivity contribution in [3.63, 3.8) is 0 Å². The number of benzene rings is 1. The van der Waals surface area contributed by atoms with Crippen molar-refractivity contribution in [2.24, 2.45) is 0 Å². The number of para-hydroxylation sites is 1. The second kappa shape index (κ2) is 5.48. The lowest BCUT2D eigenvalue weighted by molar-refractivity contribution is -0.385. The van der Waals surface area contributed by atoms with E-state index in [4.69, 9.17) is 0 Å². The molecule has 0 aromatic heterocycles. The minimum absolute atomic E-state index is 0.0406. The van der Waals surface area contributed by atoms with E-state index in [-0.39, 0.29) is 11.6 Å². The lowest BCUT2D eigenvalue weighted by Gasteiger charge is -2.25. The fourth-order valence-electron chi connectivity index (χ4n) is 1.75. The number of amides is 1. The number of aromatic hydroxyl groups is 1. The third kappa shape index (κ3) is 2.58. The van der Waals surface area contributed by atoms with Crippen LogP contribution in [0.5, 0.6) is 5.75 Å². The van der Waals surface area contributed by atoms with Crippen LogP contribution in [0.4, 0.5) is 5.69 Å². The molecule has 0 saturated heterocycles. The first-order valence-corrected chi connectivity index (χ1v) is 5.67. The van der Waals surface area contributed by atoms with Crippen molar-refractivity contribution in [1.82, 2.24) is 4.90 Å². The lowest BCUT2D eigenvalue weighted by Crippen LogP contribution is -2.36. The molecule has 6 heteroatoms. The molecular weight excluding hydrogens is 236 g/mol. The average molecular weight is 252 g/mol. The molecule has 1 aromatic rings. The van der Waals surface area contributed by atoms with Gasteiger partial charge >= 0.3 is 5.69 Å². The molecule has 0 heterocycles. The van der Waals surface area contributed by atoms with Crippen molar-refractivity contribution in [3.05, 3.63) is 33.9 Å². The van der Waals surface area contributed by atoms with E-state index in [0.29, 0.717) is 6.54 Å². The highest BCUT2D eigenvalue weighted by atomic mass is 16.6. The number of carbonyl (C=O) groups excluding carboxylic acids is 1. The number of hydrogen-bond donors (Lipinski definition) is 1. The van der Waals surface area contributed by atoms with E-state index in [1.54, 1.807) is 0 Å². The summed E-state index contributed by atoms with van der Waals surface area (Å²) in [5.74, 6) is -0.986. The van der Waals surface area contributed by atoms with Crippen LogP contribution in [0, 0.1) is 10.1 Å². The summed E-state index contributed by atoms with van der Waals surface area (Å²) in [6.45, 7) is 5.97. The molecule has 0 radical (unpaired) electrons. The van der Waals surface area contributed by atoms with Gasteiger partial charge in [-0.1, -0.05) is 6.07 Å². The zero-order chi connectivity index (χ0) is 13.9. The predicted octanol–water partition coefficient (Wildman–Crippen LogP) is 2.17. The summed E-state index contributed by atoms with van der Waals surface area (Å²) in [6, 6.07) is 3.90. The summed E-state index contributed by atoms with van der Waals surface area (Å²) < 4.78 is 0. The molecule has 1 amide bonds. The normalized spacial score (nSPS) is 10.4. The summed E-state index contributed by atoms with van der Waals surface area (Å²) >= 11 is 0. The summed E-state index contributed by atoms with van der Waals surface area (Å²) in [5, 5.41) is 20.5. The molecule has 0 aliphatic carbocycles. The largest absolute Gasteiger partial charge is 0.502 e. The van der Waals surface area contributed by atoms with Crippen molar-refractivity contribution in [2.75, 3.05) is 6.54 Å². The van der Waals surface area contributed by atoms with Gasteiger partial charge in [0.15, 0.2) is 0 Å². The Kier molecular flexibility index (Phi) is 4.25. The van der Waals surface area contributed by atoms with Crippen molar-refractivity contribution in [3.8, 4) is 5.75 Å². The van der Waals surface area contributed by atoms with E-state index in [2.05, 4.69) is 0 Å². The van der Waals surface area contributed by atoms with Gasteiger partial charge < -0.3 is 10.0 Å². The van der Waals surface area contributed by atoms with Gasteiger partial charge in [-0.3, -0.25) is 14.9 Å². The van der Waals surface area contributed by atoms with Gasteiger partial charge in [0.25, 0.3) is 5.91 Å². The second-order valence-corrected chi connectivity index (χ2v) is 4.12. The molecule has 1 N–H and O–H groups in total. The van der Waals surface area contributed by atoms with E-state index in [1.165, 1.54) is 17.0 Å². The Hall–Kier alpha value is -2.11. The van der Waals surface area contributed by atoms with Crippen molar-refractivity contribution in [2.45, 2.75) is 26.8 Å². The average Bonchev–Trinajstić information content (AvgIpc) is 2.29. The molecule has 18 heavy (non-hydrogen) atoms. The van der Waals surface area contributed by atoms with Crippen molar-refractivity contribution < 1.29 is 14.8 Å². The van der Waals surface area contributed by atoms with Gasteiger partial charge in [-0.05, 0) is 26.8 Å². The molecule has 0 fully saturated rings. The van der Waals surface area contributed by atoms with E-state index in [9.17, 15) is 20.0 Å². The van der Waals surface area contributed by atoms with Crippen LogP contribution in [0.2, 0.25) is 0 Å². The van der Waals surface area contributed by atoms with Gasteiger partial charge in [0.1, 0.15) is 0 Å². The fraction of sp³-hybridized carbons (Fsp3) is 0.417. The predicted molar refractivity (Wildman–Crippen MR) is 66.6 cm³/mol. The van der Waals surface area contributed by atoms with Gasteiger partial charge in [-0.25, -0.2) is 0 Å². The minimum atomic E-state index is -0.711. The highest BCUT2D eigenvalue weighted by molar-refractivity contribution is 5.98. The van der Waals surface area contributed by atoms with Crippen LogP contribution in [0.15, 0.2) is 18.2 Å². The van der Waals surface area contributed by atoms with E-state index < -0.39 is 22.3 Å². The van der Waals surface area contributed by atoms with Gasteiger partial charge in [-0.2, -0.15) is 0 Å². The van der Waals surface area contributed by atoms with Gasteiger partial charge in [0.05, 0.1) is 10.5 Å². The molecular formula is C12H16N2O4. The van der Waals surface area contributed by atoms with Crippen molar-refractivity contribution >= 4 is 11.6 Å². The molecule has 0 bridgehead atoms. The SMILES string of the molecule is CCN(C(=O)c1cccc([N+](=O)[O-])c1O)C(C)C. The van der Waals surface area contributed by atoms with Crippen LogP contribution >= 0.6 is 0 Å². The molecule has 0 unspecified atom stereocenters. The third-order valence-corrected chi connectivity index (χ3v) is 2.67. The van der Waals surface area contributed by atoms with Gasteiger partial charge in [0.2, 0.25) is 5.75 Å². The molecule has 98 valence electrons. The first-order valence-electron chi connectivity index (χ1n) is 5.67. The van der Waals surface area contributed by atoms with Crippen LogP contribution in [0.1, 0.15) is 31.1 Å². The maximum atomic E-state index is 12.2. The number of nitro benzene ring substituents is 1. The lowest BCUT2D eigenvalue weighted by atomic mass is 10.1. The van der Waals surface area contributed by atoms with Crippen LogP contribution in [0.3, 0.4) is 0 Å². The Labute approximate surface area is 105 Å². The summed E-state index contributed by atoms with van der Waals surface area (Å²) in [6.07, 6.45) is 0. The van der Waals surface area contributed by atoms with E-state index in [1.807, 2.05) is 20.8 Å². The molecule has 1 rings (SSSR count). The van der Waals surface area contributed by atoms with Crippen molar-refractivity contribution in [1.29, 1.82) is 0 Å². The summed E-state index contributed by atoms with van der Waals surface area (Å²) in [4.78, 5) is 23.7. The topological polar surface area (TPSA) is 83.7 Å². The van der Waals surface area contributed by atoms with Crippen LogP contribution in [-0.2, 0) is 0 Å². The number of nitro groups is 1. The van der Waals surface area contributed by atoms with E-state index in [0.717, 1.165) is 6.07 Å². The quantitative estimate of drug-likeness (QED) is 0.657. The molecule has 0 aliphatic rings. The molecule has 6 nitrogen and oxygen atoms in total. The molecule has 0 spiro atoms. The number of hydrogen-bond acceptors (Lipinski definition) is 4. The van der Waals surface area contributed by atoms with E-state index >= 15 is 0 Å². The number of carbonyl (C=O) groups is 1. The smallest absolute Gasteiger partial charge is 0.311 e. The monoisotopic (exact) mass is 252 g/mol. The standard InChI is InChI=1S/C12H16N2O4/c1-4-13(8(2)3)12(16)9-6-5-7-10(11(9)15)14(17)18/h5-8,15H,4H2,1-3H3. The fourth-order valence-corrected chi connectivity index (χ4v) is 1.75. The highest BCUT2D eigenvalue weighted by Crippen LogP contribution is 2.30. The van der Waals surface area contributed by atoms with Crippen LogP contribution in [0.25, 0.3) is 0 Å². The van der Waals surface area contributed by atoms with Crippen LogP contribution < -0.4 is 0 Å². The Balaban J connectivity index is 3.21. The van der Waals surface area contributed by atoms with Gasteiger partial charge in [-0.15, -0.1) is 0 Å². The Morgan fingerprint density at radius 2 is 2.11 bits per heavy atom. The Morgan fingerprint density at radius 1 is 1.50 bits per heavy atom. The third-order valence-electron chi connectivity index (χ3n) is 2.67. The maximum absolute atomic E-state index is 12.2. The molecule has 1 aromatic carbocycles. The number of phenolic OH excluding ortho intramolecular Hbond substituents is 1. The summed E-state index contributed by atoms with van der Waals surface area (Å²) in [5.41, 5.74) is -0.500. The molecule has 0 aliphatic heterocycles. The maximum Gasteiger partial charge on any atom is 0.311 e. The summed E-state index contributed by atoms with van der Waals surface area (Å²) in [7, 11) is 0. The Bertz CT molecular complexity index is 471. The zero-order valence-electron chi connectivity index (χ0n) is 10.6. The first kappa shape index (κ1) is 14.0. The minimum Gasteiger partial charge on any atom is -0.502 e. The second-order valence-electron chi connectivity index (χ2n) is 4.12. The number of phenols is 1. The number of nitrogens with zero attached hydrogens (tertiary/aromatic N) is 2. The van der Waals surface area contributed by atoms with Crippen LogP contribution in [-0.4, -0.2) is 33.4 Å². The molecule has 0 atom stereocenters.